The van der Waals surface area contributed by atoms with Gasteiger partial charge in [0.05, 0.1) is 5.54 Å². The second-order valence-electron chi connectivity index (χ2n) is 6.83. The topological polar surface area (TPSA) is 64.7 Å². The van der Waals surface area contributed by atoms with Crippen LogP contribution in [0.4, 0.5) is 26.3 Å². The molecule has 0 fully saturated rings. The zero-order valence-electron chi connectivity index (χ0n) is 16.2. The molecule has 170 valence electrons. The van der Waals surface area contributed by atoms with Crippen LogP contribution in [-0.4, -0.2) is 17.8 Å². The van der Waals surface area contributed by atoms with E-state index < -0.39 is 35.9 Å². The Morgan fingerprint density at radius 2 is 1.09 bits per heavy atom. The molecule has 0 bridgehead atoms. The van der Waals surface area contributed by atoms with Crippen molar-refractivity contribution in [1.29, 1.82) is 0 Å². The SMILES string of the molecule is NC(c1cccc(OC(F)(F)F)c1)(c1cccc(OC(F)(F)F)c1)C(O)c1ccccc1. The molecular formula is C22H17F6NO3. The molecule has 3 N–H and O–H groups in total. The Labute approximate surface area is 178 Å². The van der Waals surface area contributed by atoms with Crippen molar-refractivity contribution in [2.45, 2.75) is 24.4 Å². The molecule has 0 aromatic heterocycles. The van der Waals surface area contributed by atoms with Crippen LogP contribution >= 0.6 is 0 Å². The maximum Gasteiger partial charge on any atom is 0.573 e. The van der Waals surface area contributed by atoms with Gasteiger partial charge in [-0.2, -0.15) is 0 Å². The van der Waals surface area contributed by atoms with Crippen LogP contribution in [0.25, 0.3) is 0 Å². The van der Waals surface area contributed by atoms with Gasteiger partial charge in [0, 0.05) is 0 Å². The number of aliphatic hydroxyl groups excluding tert-OH is 1. The Balaban J connectivity index is 2.16. The van der Waals surface area contributed by atoms with E-state index in [1.54, 1.807) is 18.2 Å². The molecule has 1 unspecified atom stereocenters. The fourth-order valence-electron chi connectivity index (χ4n) is 3.28. The van der Waals surface area contributed by atoms with Gasteiger partial charge in [-0.05, 0) is 41.0 Å². The predicted octanol–water partition coefficient (Wildman–Crippen LogP) is 5.42. The molecular weight excluding hydrogens is 440 g/mol. The van der Waals surface area contributed by atoms with Crippen molar-refractivity contribution in [1.82, 2.24) is 0 Å². The van der Waals surface area contributed by atoms with Crippen LogP contribution in [-0.2, 0) is 5.54 Å². The van der Waals surface area contributed by atoms with Crippen LogP contribution < -0.4 is 15.2 Å². The second-order valence-corrected chi connectivity index (χ2v) is 6.83. The number of rotatable bonds is 6. The van der Waals surface area contributed by atoms with Crippen LogP contribution in [0.2, 0.25) is 0 Å². The van der Waals surface area contributed by atoms with Crippen molar-refractivity contribution in [2.24, 2.45) is 5.73 Å². The third-order valence-electron chi connectivity index (χ3n) is 4.64. The summed E-state index contributed by atoms with van der Waals surface area (Å²) in [4.78, 5) is 0. The lowest BCUT2D eigenvalue weighted by molar-refractivity contribution is -0.275. The van der Waals surface area contributed by atoms with Crippen molar-refractivity contribution in [3.8, 4) is 11.5 Å². The molecule has 3 aromatic rings. The Morgan fingerprint density at radius 1 is 0.656 bits per heavy atom. The molecule has 0 aliphatic carbocycles. The molecule has 0 spiro atoms. The van der Waals surface area contributed by atoms with Crippen molar-refractivity contribution in [3.63, 3.8) is 0 Å². The summed E-state index contributed by atoms with van der Waals surface area (Å²) in [5.74, 6) is -1.21. The van der Waals surface area contributed by atoms with Crippen molar-refractivity contribution in [3.05, 3.63) is 95.6 Å². The summed E-state index contributed by atoms with van der Waals surface area (Å²) in [6.07, 6.45) is -11.5. The average molecular weight is 457 g/mol. The molecule has 0 saturated heterocycles. The van der Waals surface area contributed by atoms with E-state index in [9.17, 15) is 31.4 Å². The number of benzene rings is 3. The standard InChI is InChI=1S/C22H17F6NO3/c23-21(24,25)31-17-10-4-8-15(12-17)20(29,19(30)14-6-2-1-3-7-14)16-9-5-11-18(13-16)32-22(26,27)28/h1-13,19,30H,29H2. The van der Waals surface area contributed by atoms with Gasteiger partial charge in [0.25, 0.3) is 0 Å². The van der Waals surface area contributed by atoms with Crippen LogP contribution in [0.15, 0.2) is 78.9 Å². The van der Waals surface area contributed by atoms with Gasteiger partial charge < -0.3 is 20.3 Å². The van der Waals surface area contributed by atoms with Crippen LogP contribution in [0.3, 0.4) is 0 Å². The highest BCUT2D eigenvalue weighted by Gasteiger charge is 2.40. The van der Waals surface area contributed by atoms with E-state index in [-0.39, 0.29) is 11.1 Å². The average Bonchev–Trinajstić information content (AvgIpc) is 2.71. The van der Waals surface area contributed by atoms with Crippen LogP contribution in [0, 0.1) is 0 Å². The van der Waals surface area contributed by atoms with Crippen molar-refractivity contribution < 1.29 is 40.9 Å². The molecule has 4 nitrogen and oxygen atoms in total. The number of aliphatic hydroxyl groups is 1. The largest absolute Gasteiger partial charge is 0.573 e. The Morgan fingerprint density at radius 3 is 1.50 bits per heavy atom. The minimum atomic E-state index is -4.98. The Kier molecular flexibility index (Phi) is 6.38. The first-order valence-corrected chi connectivity index (χ1v) is 9.13. The van der Waals surface area contributed by atoms with Gasteiger partial charge in [-0.25, -0.2) is 0 Å². The summed E-state index contributed by atoms with van der Waals surface area (Å²) in [5, 5.41) is 11.1. The third kappa shape index (κ3) is 5.51. The highest BCUT2D eigenvalue weighted by molar-refractivity contribution is 5.47. The third-order valence-corrected chi connectivity index (χ3v) is 4.64. The van der Waals surface area contributed by atoms with E-state index >= 15 is 0 Å². The number of nitrogens with two attached hydrogens (primary N) is 1. The van der Waals surface area contributed by atoms with E-state index in [1.807, 2.05) is 0 Å². The lowest BCUT2D eigenvalue weighted by Crippen LogP contribution is -2.44. The number of alkyl halides is 6. The minimum Gasteiger partial charge on any atom is -0.406 e. The van der Waals surface area contributed by atoms with Crippen molar-refractivity contribution >= 4 is 0 Å². The summed E-state index contributed by atoms with van der Waals surface area (Å²) in [7, 11) is 0. The summed E-state index contributed by atoms with van der Waals surface area (Å²) in [6, 6.07) is 17.1. The number of hydrogen-bond donors (Lipinski definition) is 2. The second kappa shape index (κ2) is 8.71. The molecule has 3 aromatic carbocycles. The molecule has 10 heteroatoms. The fourth-order valence-corrected chi connectivity index (χ4v) is 3.28. The van der Waals surface area contributed by atoms with E-state index in [0.29, 0.717) is 5.56 Å². The maximum atomic E-state index is 12.7. The first-order valence-electron chi connectivity index (χ1n) is 9.13. The van der Waals surface area contributed by atoms with Gasteiger partial charge in [-0.1, -0.05) is 54.6 Å². The van der Waals surface area contributed by atoms with E-state index in [4.69, 9.17) is 5.73 Å². The molecule has 0 radical (unpaired) electrons. The molecule has 1 atom stereocenters. The van der Waals surface area contributed by atoms with Crippen LogP contribution in [0.1, 0.15) is 22.8 Å². The first-order chi connectivity index (χ1) is 14.9. The summed E-state index contributed by atoms with van der Waals surface area (Å²) in [5.41, 5.74) is 4.83. The van der Waals surface area contributed by atoms with Gasteiger partial charge in [0.1, 0.15) is 17.6 Å². The number of halogens is 6. The smallest absolute Gasteiger partial charge is 0.406 e. The maximum absolute atomic E-state index is 12.7. The normalized spacial score (nSPS) is 13.5. The lowest BCUT2D eigenvalue weighted by Gasteiger charge is -2.36. The highest BCUT2D eigenvalue weighted by Crippen LogP contribution is 2.41. The van der Waals surface area contributed by atoms with E-state index in [0.717, 1.165) is 24.3 Å². The monoisotopic (exact) mass is 457 g/mol. The predicted molar refractivity (Wildman–Crippen MR) is 103 cm³/mol. The molecule has 0 aliphatic rings. The Bertz CT molecular complexity index is 994. The molecule has 0 heterocycles. The molecule has 0 aliphatic heterocycles. The number of ether oxygens (including phenoxy) is 2. The molecule has 0 saturated carbocycles. The first kappa shape index (κ1) is 23.4. The lowest BCUT2D eigenvalue weighted by atomic mass is 9.76. The summed E-state index contributed by atoms with van der Waals surface area (Å²) < 4.78 is 84.1. The summed E-state index contributed by atoms with van der Waals surface area (Å²) in [6.45, 7) is 0. The van der Waals surface area contributed by atoms with Crippen LogP contribution in [0.5, 0.6) is 11.5 Å². The van der Waals surface area contributed by atoms with Gasteiger partial charge in [0.2, 0.25) is 0 Å². The van der Waals surface area contributed by atoms with Gasteiger partial charge in [0.15, 0.2) is 0 Å². The van der Waals surface area contributed by atoms with E-state index in [2.05, 4.69) is 9.47 Å². The molecule has 0 amide bonds. The molecule has 32 heavy (non-hydrogen) atoms. The van der Waals surface area contributed by atoms with Gasteiger partial charge in [-0.15, -0.1) is 26.3 Å². The Hall–Kier alpha value is -3.24. The highest BCUT2D eigenvalue weighted by atomic mass is 19.4. The van der Waals surface area contributed by atoms with E-state index in [1.165, 1.54) is 36.4 Å². The van der Waals surface area contributed by atoms with Crippen molar-refractivity contribution in [2.75, 3.05) is 0 Å². The molecule has 3 rings (SSSR count). The fraction of sp³-hybridized carbons (Fsp3) is 0.182. The van der Waals surface area contributed by atoms with Gasteiger partial charge >= 0.3 is 12.7 Å². The zero-order valence-corrected chi connectivity index (χ0v) is 16.2. The quantitative estimate of drug-likeness (QED) is 0.486. The summed E-state index contributed by atoms with van der Waals surface area (Å²) >= 11 is 0. The zero-order chi connectivity index (χ0) is 23.6. The number of hydrogen-bond acceptors (Lipinski definition) is 4. The minimum absolute atomic E-state index is 0.0280. The van der Waals surface area contributed by atoms with Gasteiger partial charge in [-0.3, -0.25) is 0 Å².